The number of hydrogen-bond donors (Lipinski definition) is 0. The van der Waals surface area contributed by atoms with Crippen LogP contribution in [-0.4, -0.2) is 33.0 Å². The van der Waals surface area contributed by atoms with Crippen LogP contribution in [0.3, 0.4) is 0 Å². The van der Waals surface area contributed by atoms with E-state index in [9.17, 15) is 0 Å². The predicted molar refractivity (Wildman–Crippen MR) is 69.6 cm³/mol. The van der Waals surface area contributed by atoms with Gasteiger partial charge in [0.05, 0.1) is 11.8 Å². The molecule has 5 heteroatoms. The Bertz CT molecular complexity index is 532. The lowest BCUT2D eigenvalue weighted by atomic mass is 10.3. The summed E-state index contributed by atoms with van der Waals surface area (Å²) in [6, 6.07) is 2.60. The van der Waals surface area contributed by atoms with Gasteiger partial charge in [0.1, 0.15) is 5.52 Å². The standard InChI is InChI=1S/C12H15ClN4/c1-16-8-15-11-10(16)4-6-14-12(11)17(7-5-13)9-2-3-9/h4,6,8-9H,2-3,5,7H2,1H3. The molecular formula is C12H15ClN4. The van der Waals surface area contributed by atoms with Gasteiger partial charge in [-0.1, -0.05) is 0 Å². The molecule has 0 radical (unpaired) electrons. The summed E-state index contributed by atoms with van der Waals surface area (Å²) < 4.78 is 2.02. The number of nitrogens with zero attached hydrogens (tertiary/aromatic N) is 4. The highest BCUT2D eigenvalue weighted by molar-refractivity contribution is 6.18. The summed E-state index contributed by atoms with van der Waals surface area (Å²) in [5.74, 6) is 1.60. The number of imidazole rings is 1. The third kappa shape index (κ3) is 1.86. The first-order chi connectivity index (χ1) is 8.31. The van der Waals surface area contributed by atoms with E-state index >= 15 is 0 Å². The second-order valence-electron chi connectivity index (χ2n) is 4.47. The van der Waals surface area contributed by atoms with E-state index in [0.29, 0.717) is 11.9 Å². The van der Waals surface area contributed by atoms with E-state index in [1.165, 1.54) is 12.8 Å². The van der Waals surface area contributed by atoms with E-state index in [0.717, 1.165) is 23.4 Å². The second kappa shape index (κ2) is 4.18. The van der Waals surface area contributed by atoms with Crippen molar-refractivity contribution >= 4 is 28.5 Å². The van der Waals surface area contributed by atoms with Gasteiger partial charge in [0.15, 0.2) is 5.82 Å². The molecule has 0 N–H and O–H groups in total. The van der Waals surface area contributed by atoms with Crippen molar-refractivity contribution < 1.29 is 0 Å². The van der Waals surface area contributed by atoms with Crippen LogP contribution in [-0.2, 0) is 7.05 Å². The Morgan fingerprint density at radius 2 is 2.29 bits per heavy atom. The summed E-state index contributed by atoms with van der Waals surface area (Å²) >= 11 is 5.88. The maximum atomic E-state index is 5.88. The van der Waals surface area contributed by atoms with Crippen LogP contribution < -0.4 is 4.90 Å². The van der Waals surface area contributed by atoms with Crippen molar-refractivity contribution in [3.8, 4) is 0 Å². The van der Waals surface area contributed by atoms with Gasteiger partial charge in [-0.05, 0) is 18.9 Å². The number of anilines is 1. The van der Waals surface area contributed by atoms with Gasteiger partial charge in [0, 0.05) is 31.7 Å². The van der Waals surface area contributed by atoms with Crippen LogP contribution in [0, 0.1) is 0 Å². The Morgan fingerprint density at radius 3 is 3.00 bits per heavy atom. The number of aromatic nitrogens is 3. The predicted octanol–water partition coefficient (Wildman–Crippen LogP) is 2.18. The van der Waals surface area contributed by atoms with Gasteiger partial charge in [-0.25, -0.2) is 9.97 Å². The maximum Gasteiger partial charge on any atom is 0.157 e. The number of hydrogen-bond acceptors (Lipinski definition) is 3. The van der Waals surface area contributed by atoms with E-state index in [-0.39, 0.29) is 0 Å². The van der Waals surface area contributed by atoms with E-state index in [2.05, 4.69) is 14.9 Å². The molecule has 0 spiro atoms. The topological polar surface area (TPSA) is 34.0 Å². The number of halogens is 1. The smallest absolute Gasteiger partial charge is 0.157 e. The monoisotopic (exact) mass is 250 g/mol. The molecule has 0 unspecified atom stereocenters. The van der Waals surface area contributed by atoms with Crippen molar-refractivity contribution in [3.63, 3.8) is 0 Å². The molecule has 2 aromatic rings. The number of fused-ring (bicyclic) bond motifs is 1. The van der Waals surface area contributed by atoms with Crippen molar-refractivity contribution in [2.45, 2.75) is 18.9 Å². The highest BCUT2D eigenvalue weighted by atomic mass is 35.5. The van der Waals surface area contributed by atoms with Crippen molar-refractivity contribution in [3.05, 3.63) is 18.6 Å². The molecule has 0 bridgehead atoms. The van der Waals surface area contributed by atoms with E-state index < -0.39 is 0 Å². The average molecular weight is 251 g/mol. The summed E-state index contributed by atoms with van der Waals surface area (Å²) in [5, 5.41) is 0. The van der Waals surface area contributed by atoms with Crippen LogP contribution in [0.25, 0.3) is 11.0 Å². The first-order valence-corrected chi connectivity index (χ1v) is 6.43. The molecule has 90 valence electrons. The number of alkyl halides is 1. The normalized spacial score (nSPS) is 15.4. The lowest BCUT2D eigenvalue weighted by Gasteiger charge is -2.22. The Labute approximate surface area is 105 Å². The van der Waals surface area contributed by atoms with Crippen LogP contribution in [0.4, 0.5) is 5.82 Å². The number of rotatable bonds is 4. The molecule has 2 heterocycles. The fraction of sp³-hybridized carbons (Fsp3) is 0.500. The summed E-state index contributed by atoms with van der Waals surface area (Å²) in [6.07, 6.45) is 6.16. The minimum atomic E-state index is 0.605. The van der Waals surface area contributed by atoms with Gasteiger partial charge in [0.2, 0.25) is 0 Å². The Balaban J connectivity index is 2.08. The quantitative estimate of drug-likeness (QED) is 0.780. The largest absolute Gasteiger partial charge is 0.351 e. The van der Waals surface area contributed by atoms with Crippen molar-refractivity contribution in [1.82, 2.24) is 14.5 Å². The van der Waals surface area contributed by atoms with Crippen LogP contribution in [0.2, 0.25) is 0 Å². The van der Waals surface area contributed by atoms with E-state index in [1.54, 1.807) is 0 Å². The first kappa shape index (κ1) is 10.8. The van der Waals surface area contributed by atoms with Crippen LogP contribution in [0.1, 0.15) is 12.8 Å². The molecular weight excluding hydrogens is 236 g/mol. The zero-order chi connectivity index (χ0) is 11.8. The van der Waals surface area contributed by atoms with Crippen LogP contribution in [0.15, 0.2) is 18.6 Å². The molecule has 17 heavy (non-hydrogen) atoms. The highest BCUT2D eigenvalue weighted by Crippen LogP contribution is 2.33. The molecule has 1 aliphatic carbocycles. The first-order valence-electron chi connectivity index (χ1n) is 5.90. The molecule has 1 aliphatic rings. The third-order valence-corrected chi connectivity index (χ3v) is 3.38. The summed E-state index contributed by atoms with van der Waals surface area (Å²) in [6.45, 7) is 0.842. The highest BCUT2D eigenvalue weighted by Gasteiger charge is 2.31. The minimum absolute atomic E-state index is 0.605. The van der Waals surface area contributed by atoms with E-state index in [4.69, 9.17) is 11.6 Å². The molecule has 0 aliphatic heterocycles. The Kier molecular flexibility index (Phi) is 2.67. The molecule has 0 aromatic carbocycles. The summed E-state index contributed by atoms with van der Waals surface area (Å²) in [4.78, 5) is 11.2. The zero-order valence-corrected chi connectivity index (χ0v) is 10.6. The van der Waals surface area contributed by atoms with Crippen molar-refractivity contribution in [2.24, 2.45) is 7.05 Å². The van der Waals surface area contributed by atoms with E-state index in [1.807, 2.05) is 30.2 Å². The number of aryl methyl sites for hydroxylation is 1. The van der Waals surface area contributed by atoms with Crippen LogP contribution in [0.5, 0.6) is 0 Å². The van der Waals surface area contributed by atoms with Gasteiger partial charge < -0.3 is 9.47 Å². The van der Waals surface area contributed by atoms with Gasteiger partial charge in [-0.3, -0.25) is 0 Å². The molecule has 2 aromatic heterocycles. The molecule has 4 nitrogen and oxygen atoms in total. The second-order valence-corrected chi connectivity index (χ2v) is 4.85. The zero-order valence-electron chi connectivity index (χ0n) is 9.80. The van der Waals surface area contributed by atoms with Gasteiger partial charge in [-0.15, -0.1) is 11.6 Å². The van der Waals surface area contributed by atoms with Crippen LogP contribution >= 0.6 is 11.6 Å². The Hall–Kier alpha value is -1.29. The lowest BCUT2D eigenvalue weighted by molar-refractivity contribution is 0.815. The summed E-state index contributed by atoms with van der Waals surface area (Å²) in [7, 11) is 2.00. The third-order valence-electron chi connectivity index (χ3n) is 3.21. The fourth-order valence-corrected chi connectivity index (χ4v) is 2.38. The molecule has 1 fully saturated rings. The fourth-order valence-electron chi connectivity index (χ4n) is 2.20. The minimum Gasteiger partial charge on any atom is -0.351 e. The lowest BCUT2D eigenvalue weighted by Crippen LogP contribution is -2.28. The van der Waals surface area contributed by atoms with Gasteiger partial charge in [0.25, 0.3) is 0 Å². The Morgan fingerprint density at radius 1 is 1.47 bits per heavy atom. The number of pyridine rings is 1. The SMILES string of the molecule is Cn1cnc2c(N(CCCl)C3CC3)nccc21. The molecule has 3 rings (SSSR count). The molecule has 0 saturated heterocycles. The van der Waals surface area contributed by atoms with Gasteiger partial charge >= 0.3 is 0 Å². The van der Waals surface area contributed by atoms with Gasteiger partial charge in [-0.2, -0.15) is 0 Å². The maximum absolute atomic E-state index is 5.88. The van der Waals surface area contributed by atoms with Crippen molar-refractivity contribution in [1.29, 1.82) is 0 Å². The molecule has 0 atom stereocenters. The average Bonchev–Trinajstić information content (AvgIpc) is 3.11. The molecule has 1 saturated carbocycles. The molecule has 0 amide bonds. The summed E-state index contributed by atoms with van der Waals surface area (Å²) in [5.41, 5.74) is 2.10. The van der Waals surface area contributed by atoms with Crippen molar-refractivity contribution in [2.75, 3.05) is 17.3 Å².